The first-order chi connectivity index (χ1) is 16.3. The fourth-order valence-electron chi connectivity index (χ4n) is 4.05. The van der Waals surface area contributed by atoms with Crippen LogP contribution in [0.2, 0.25) is 0 Å². The number of sulfonamides is 1. The van der Waals surface area contributed by atoms with Crippen molar-refractivity contribution in [2.45, 2.75) is 30.6 Å². The topological polar surface area (TPSA) is 93.2 Å². The van der Waals surface area contributed by atoms with Gasteiger partial charge in [-0.1, -0.05) is 48.0 Å². The quantitative estimate of drug-likeness (QED) is 0.362. The summed E-state index contributed by atoms with van der Waals surface area (Å²) >= 11 is 0. The smallest absolute Gasteiger partial charge is 0.252 e. The van der Waals surface area contributed by atoms with Crippen LogP contribution in [0.3, 0.4) is 0 Å². The molecule has 0 spiro atoms. The summed E-state index contributed by atoms with van der Waals surface area (Å²) < 4.78 is 39.1. The number of benzene rings is 3. The Morgan fingerprint density at radius 3 is 2.26 bits per heavy atom. The number of nitrogens with zero attached hydrogens (tertiary/aromatic N) is 2. The molecule has 178 valence electrons. The molecule has 1 atom stereocenters. The van der Waals surface area contributed by atoms with Crippen molar-refractivity contribution < 1.29 is 27.5 Å². The Labute approximate surface area is 198 Å². The minimum absolute atomic E-state index is 0.0196. The number of carbonyl (C=O) groups is 2. The van der Waals surface area contributed by atoms with E-state index in [-0.39, 0.29) is 17.9 Å². The predicted octanol–water partition coefficient (Wildman–Crippen LogP) is 3.09. The minimum Gasteiger partial charge on any atom is -0.354 e. The highest BCUT2D eigenvalue weighted by atomic mass is 32.2. The molecule has 0 saturated carbocycles. The van der Waals surface area contributed by atoms with Crippen LogP contribution in [0.25, 0.3) is 10.8 Å². The lowest BCUT2D eigenvalue weighted by Crippen LogP contribution is -2.49. The maximum Gasteiger partial charge on any atom is 0.252 e. The van der Waals surface area contributed by atoms with Crippen molar-refractivity contribution in [2.75, 3.05) is 25.7 Å². The van der Waals surface area contributed by atoms with E-state index in [1.54, 1.807) is 36.4 Å². The van der Waals surface area contributed by atoms with Gasteiger partial charge in [0.2, 0.25) is 15.9 Å². The number of rotatable bonds is 8. The Morgan fingerprint density at radius 2 is 1.62 bits per heavy atom. The summed E-state index contributed by atoms with van der Waals surface area (Å²) in [6.07, 6.45) is -1.20. The van der Waals surface area contributed by atoms with Crippen molar-refractivity contribution in [3.05, 3.63) is 72.3 Å². The summed E-state index contributed by atoms with van der Waals surface area (Å²) in [6, 6.07) is 17.9. The summed E-state index contributed by atoms with van der Waals surface area (Å²) in [5.74, 6) is -1.08. The lowest BCUT2D eigenvalue weighted by molar-refractivity contribution is -0.125. The lowest BCUT2D eigenvalue weighted by Gasteiger charge is -2.29. The Bertz CT molecular complexity index is 1320. The molecule has 1 saturated heterocycles. The van der Waals surface area contributed by atoms with E-state index >= 15 is 0 Å². The molecule has 0 bridgehead atoms. The highest BCUT2D eigenvalue weighted by Gasteiger charge is 2.47. The Hall–Kier alpha value is -3.11. The molecular weight excluding hydrogens is 456 g/mol. The zero-order chi connectivity index (χ0) is 24.5. The number of ether oxygens (including phenoxy) is 2. The zero-order valence-corrected chi connectivity index (χ0v) is 20.0. The van der Waals surface area contributed by atoms with Crippen LogP contribution in [-0.2, 0) is 29.1 Å². The van der Waals surface area contributed by atoms with Gasteiger partial charge < -0.3 is 9.47 Å². The zero-order valence-electron chi connectivity index (χ0n) is 19.2. The number of fused-ring (bicyclic) bond motifs is 1. The highest BCUT2D eigenvalue weighted by Crippen LogP contribution is 2.31. The van der Waals surface area contributed by atoms with Crippen molar-refractivity contribution in [3.8, 4) is 0 Å². The number of anilines is 1. The van der Waals surface area contributed by atoms with Crippen molar-refractivity contribution in [2.24, 2.45) is 0 Å². The first-order valence-electron chi connectivity index (χ1n) is 10.8. The van der Waals surface area contributed by atoms with Gasteiger partial charge in [0, 0.05) is 14.2 Å². The summed E-state index contributed by atoms with van der Waals surface area (Å²) in [4.78, 5) is 27.3. The molecule has 34 heavy (non-hydrogen) atoms. The van der Waals surface area contributed by atoms with Gasteiger partial charge in [-0.15, -0.1) is 0 Å². The molecule has 1 aliphatic heterocycles. The molecule has 1 unspecified atom stereocenters. The van der Waals surface area contributed by atoms with Gasteiger partial charge in [0.05, 0.1) is 23.5 Å². The molecular formula is C25H26N2O6S. The van der Waals surface area contributed by atoms with Crippen LogP contribution >= 0.6 is 0 Å². The number of hydrogen-bond acceptors (Lipinski definition) is 6. The lowest BCUT2D eigenvalue weighted by atomic mass is 10.1. The number of aryl methyl sites for hydroxylation is 1. The average molecular weight is 483 g/mol. The molecule has 0 N–H and O–H groups in total. The number of carbonyl (C=O) groups excluding carboxylic acids is 2. The molecule has 9 heteroatoms. The van der Waals surface area contributed by atoms with E-state index in [2.05, 4.69) is 0 Å². The van der Waals surface area contributed by atoms with E-state index in [4.69, 9.17) is 9.47 Å². The van der Waals surface area contributed by atoms with Gasteiger partial charge in [0.1, 0.15) is 6.04 Å². The number of imide groups is 1. The van der Waals surface area contributed by atoms with Crippen molar-refractivity contribution in [1.29, 1.82) is 0 Å². The van der Waals surface area contributed by atoms with Gasteiger partial charge in [-0.25, -0.2) is 13.3 Å². The predicted molar refractivity (Wildman–Crippen MR) is 128 cm³/mol. The number of hydrogen-bond donors (Lipinski definition) is 0. The number of methoxy groups -OCH3 is 2. The van der Waals surface area contributed by atoms with Crippen LogP contribution in [0.4, 0.5) is 5.69 Å². The second-order valence-electron chi connectivity index (χ2n) is 8.11. The van der Waals surface area contributed by atoms with Crippen molar-refractivity contribution >= 4 is 38.3 Å². The summed E-state index contributed by atoms with van der Waals surface area (Å²) in [6.45, 7) is 1.64. The van der Waals surface area contributed by atoms with E-state index < -0.39 is 34.2 Å². The molecule has 4 rings (SSSR count). The summed E-state index contributed by atoms with van der Waals surface area (Å²) in [5.41, 5.74) is 1.38. The largest absolute Gasteiger partial charge is 0.354 e. The van der Waals surface area contributed by atoms with E-state index in [0.29, 0.717) is 5.69 Å². The normalized spacial score (nSPS) is 16.9. The van der Waals surface area contributed by atoms with Crippen LogP contribution in [0, 0.1) is 6.92 Å². The van der Waals surface area contributed by atoms with Gasteiger partial charge in [0.25, 0.3) is 5.91 Å². The van der Waals surface area contributed by atoms with Gasteiger partial charge >= 0.3 is 0 Å². The van der Waals surface area contributed by atoms with E-state index in [9.17, 15) is 18.0 Å². The molecule has 2 amide bonds. The second-order valence-corrected chi connectivity index (χ2v) is 10.00. The molecule has 1 aliphatic rings. The third-order valence-corrected chi connectivity index (χ3v) is 7.82. The third-order valence-electron chi connectivity index (χ3n) is 5.94. The Morgan fingerprint density at radius 1 is 0.971 bits per heavy atom. The number of amides is 2. The third kappa shape index (κ3) is 4.47. The molecule has 8 nitrogen and oxygen atoms in total. The van der Waals surface area contributed by atoms with Crippen LogP contribution in [-0.4, -0.2) is 57.6 Å². The molecule has 1 heterocycles. The minimum atomic E-state index is -4.19. The van der Waals surface area contributed by atoms with Crippen LogP contribution in [0.5, 0.6) is 0 Å². The fourth-order valence-corrected chi connectivity index (χ4v) is 5.66. The van der Waals surface area contributed by atoms with E-state index in [1.165, 1.54) is 20.3 Å². The van der Waals surface area contributed by atoms with E-state index in [1.807, 2.05) is 31.2 Å². The molecule has 3 aromatic rings. The first kappa shape index (κ1) is 24.0. The highest BCUT2D eigenvalue weighted by molar-refractivity contribution is 7.89. The molecule has 3 aromatic carbocycles. The van der Waals surface area contributed by atoms with E-state index in [0.717, 1.165) is 25.5 Å². The maximum atomic E-state index is 13.8. The summed E-state index contributed by atoms with van der Waals surface area (Å²) in [7, 11) is -1.42. The Balaban J connectivity index is 1.75. The van der Waals surface area contributed by atoms with Gasteiger partial charge in [-0.3, -0.25) is 9.59 Å². The molecule has 0 radical (unpaired) electrons. The van der Waals surface area contributed by atoms with Crippen LogP contribution in [0.15, 0.2) is 71.6 Å². The fraction of sp³-hybridized carbons (Fsp3) is 0.280. The van der Waals surface area contributed by atoms with Gasteiger partial charge in [0.15, 0.2) is 6.29 Å². The SMILES string of the molecule is COC(CN(C1CC(=O)N(c2ccc(C)cc2)C1=O)S(=O)(=O)c1ccc2ccccc2c1)OC. The van der Waals surface area contributed by atoms with Crippen LogP contribution in [0.1, 0.15) is 12.0 Å². The summed E-state index contributed by atoms with van der Waals surface area (Å²) in [5, 5.41) is 1.63. The first-order valence-corrected chi connectivity index (χ1v) is 12.2. The molecule has 0 aromatic heterocycles. The second kappa shape index (κ2) is 9.63. The monoisotopic (exact) mass is 482 g/mol. The van der Waals surface area contributed by atoms with Gasteiger partial charge in [-0.2, -0.15) is 4.31 Å². The molecule has 1 fully saturated rings. The van der Waals surface area contributed by atoms with Gasteiger partial charge in [-0.05, 0) is 42.0 Å². The standard InChI is InChI=1S/C25H26N2O6S/c1-17-8-11-20(12-9-17)27-23(28)15-22(25(27)29)26(16-24(32-2)33-3)34(30,31)21-13-10-18-6-4-5-7-19(18)14-21/h4-14,22,24H,15-16H2,1-3H3. The maximum absolute atomic E-state index is 13.8. The van der Waals surface area contributed by atoms with Crippen molar-refractivity contribution in [3.63, 3.8) is 0 Å². The Kier molecular flexibility index (Phi) is 6.81. The average Bonchev–Trinajstić information content (AvgIpc) is 3.13. The molecule has 0 aliphatic carbocycles. The van der Waals surface area contributed by atoms with Crippen LogP contribution < -0.4 is 4.90 Å². The van der Waals surface area contributed by atoms with Crippen molar-refractivity contribution in [1.82, 2.24) is 4.31 Å².